The lowest BCUT2D eigenvalue weighted by molar-refractivity contribution is 0.256. The lowest BCUT2D eigenvalue weighted by Gasteiger charge is -2.23. The van der Waals surface area contributed by atoms with Crippen molar-refractivity contribution < 1.29 is 8.42 Å². The summed E-state index contributed by atoms with van der Waals surface area (Å²) in [6.07, 6.45) is 1.05. The van der Waals surface area contributed by atoms with Crippen molar-refractivity contribution >= 4 is 10.0 Å². The standard InChI is InChI=1S/C15H27N3O2S/c1-5-13(2)18(4)10-9-17-21(19,20)15-8-6-7-14(11-15)12-16-3/h6-8,11,13,16-17H,5,9-10,12H2,1-4H3. The molecule has 0 heterocycles. The third kappa shape index (κ3) is 5.74. The van der Waals surface area contributed by atoms with Crippen molar-refractivity contribution in [3.8, 4) is 0 Å². The van der Waals surface area contributed by atoms with E-state index >= 15 is 0 Å². The summed E-state index contributed by atoms with van der Waals surface area (Å²) >= 11 is 0. The van der Waals surface area contributed by atoms with Gasteiger partial charge in [-0.2, -0.15) is 0 Å². The van der Waals surface area contributed by atoms with Gasteiger partial charge in [0.05, 0.1) is 4.90 Å². The van der Waals surface area contributed by atoms with Gasteiger partial charge in [-0.1, -0.05) is 19.1 Å². The highest BCUT2D eigenvalue weighted by atomic mass is 32.2. The number of hydrogen-bond acceptors (Lipinski definition) is 4. The first-order valence-corrected chi connectivity index (χ1v) is 8.82. The predicted octanol–water partition coefficient (Wildman–Crippen LogP) is 1.41. The quantitative estimate of drug-likeness (QED) is 0.724. The fourth-order valence-electron chi connectivity index (χ4n) is 2.00. The molecule has 120 valence electrons. The molecule has 0 radical (unpaired) electrons. The molecule has 1 rings (SSSR count). The van der Waals surface area contributed by atoms with Crippen LogP contribution in [0.3, 0.4) is 0 Å². The van der Waals surface area contributed by atoms with Crippen LogP contribution in [0.15, 0.2) is 29.2 Å². The van der Waals surface area contributed by atoms with E-state index in [0.717, 1.165) is 12.0 Å². The van der Waals surface area contributed by atoms with Gasteiger partial charge in [0.1, 0.15) is 0 Å². The van der Waals surface area contributed by atoms with Gasteiger partial charge in [0.25, 0.3) is 0 Å². The lowest BCUT2D eigenvalue weighted by atomic mass is 10.2. The minimum Gasteiger partial charge on any atom is -0.316 e. The Morgan fingerprint density at radius 2 is 2.05 bits per heavy atom. The van der Waals surface area contributed by atoms with Crippen LogP contribution in [0.4, 0.5) is 0 Å². The molecule has 0 spiro atoms. The first-order valence-electron chi connectivity index (χ1n) is 7.34. The molecule has 1 aromatic rings. The Bertz CT molecular complexity index is 531. The summed E-state index contributed by atoms with van der Waals surface area (Å²) in [4.78, 5) is 2.47. The molecule has 0 saturated heterocycles. The lowest BCUT2D eigenvalue weighted by Crippen LogP contribution is -2.37. The summed E-state index contributed by atoms with van der Waals surface area (Å²) in [5, 5.41) is 3.02. The van der Waals surface area contributed by atoms with Crippen LogP contribution in [-0.4, -0.2) is 46.5 Å². The molecule has 0 saturated carbocycles. The van der Waals surface area contributed by atoms with Gasteiger partial charge in [0, 0.05) is 25.7 Å². The maximum absolute atomic E-state index is 12.3. The van der Waals surface area contributed by atoms with Crippen LogP contribution < -0.4 is 10.0 Å². The molecule has 6 heteroatoms. The highest BCUT2D eigenvalue weighted by Crippen LogP contribution is 2.11. The molecule has 0 aromatic heterocycles. The normalized spacial score (nSPS) is 13.6. The van der Waals surface area contributed by atoms with Crippen LogP contribution in [0.5, 0.6) is 0 Å². The third-order valence-corrected chi connectivity index (χ3v) is 5.15. The Morgan fingerprint density at radius 3 is 2.67 bits per heavy atom. The van der Waals surface area contributed by atoms with E-state index in [1.54, 1.807) is 18.2 Å². The average Bonchev–Trinajstić information content (AvgIpc) is 2.46. The van der Waals surface area contributed by atoms with Crippen LogP contribution in [0.25, 0.3) is 0 Å². The molecule has 0 fully saturated rings. The van der Waals surface area contributed by atoms with Crippen LogP contribution in [0.2, 0.25) is 0 Å². The minimum atomic E-state index is -3.43. The molecule has 1 aromatic carbocycles. The molecule has 0 amide bonds. The minimum absolute atomic E-state index is 0.321. The summed E-state index contributed by atoms with van der Waals surface area (Å²) in [7, 11) is 0.414. The number of sulfonamides is 1. The maximum atomic E-state index is 12.3. The number of hydrogen-bond donors (Lipinski definition) is 2. The molecule has 1 unspecified atom stereocenters. The number of nitrogens with zero attached hydrogens (tertiary/aromatic N) is 1. The van der Waals surface area contributed by atoms with Gasteiger partial charge in [0.15, 0.2) is 0 Å². The van der Waals surface area contributed by atoms with Crippen molar-refractivity contribution in [2.24, 2.45) is 0 Å². The van der Waals surface area contributed by atoms with Crippen molar-refractivity contribution in [2.75, 3.05) is 27.2 Å². The van der Waals surface area contributed by atoms with E-state index < -0.39 is 10.0 Å². The molecule has 21 heavy (non-hydrogen) atoms. The van der Waals surface area contributed by atoms with E-state index in [4.69, 9.17) is 0 Å². The summed E-state index contributed by atoms with van der Waals surface area (Å²) < 4.78 is 27.2. The average molecular weight is 313 g/mol. The zero-order valence-corrected chi connectivity index (χ0v) is 14.2. The number of likely N-dealkylation sites (N-methyl/N-ethyl adjacent to an activating group) is 1. The van der Waals surface area contributed by atoms with Gasteiger partial charge in [0.2, 0.25) is 10.0 Å². The van der Waals surface area contributed by atoms with E-state index in [1.807, 2.05) is 20.2 Å². The van der Waals surface area contributed by atoms with Crippen molar-refractivity contribution in [3.63, 3.8) is 0 Å². The van der Waals surface area contributed by atoms with Gasteiger partial charge >= 0.3 is 0 Å². The van der Waals surface area contributed by atoms with Crippen molar-refractivity contribution in [1.82, 2.24) is 14.9 Å². The van der Waals surface area contributed by atoms with Gasteiger partial charge in [-0.25, -0.2) is 13.1 Å². The predicted molar refractivity (Wildman–Crippen MR) is 86.8 cm³/mol. The van der Waals surface area contributed by atoms with Crippen LogP contribution in [-0.2, 0) is 16.6 Å². The SMILES string of the molecule is CCC(C)N(C)CCNS(=O)(=O)c1cccc(CNC)c1. The maximum Gasteiger partial charge on any atom is 0.240 e. The summed E-state index contributed by atoms with van der Waals surface area (Å²) in [5.41, 5.74) is 0.956. The van der Waals surface area contributed by atoms with Crippen molar-refractivity contribution in [1.29, 1.82) is 0 Å². The van der Waals surface area contributed by atoms with Crippen LogP contribution >= 0.6 is 0 Å². The van der Waals surface area contributed by atoms with Crippen molar-refractivity contribution in [3.05, 3.63) is 29.8 Å². The second-order valence-corrected chi connectivity index (χ2v) is 7.08. The molecule has 0 aliphatic carbocycles. The molecule has 0 aliphatic rings. The molecule has 0 bridgehead atoms. The molecule has 5 nitrogen and oxygen atoms in total. The van der Waals surface area contributed by atoms with E-state index in [0.29, 0.717) is 30.6 Å². The van der Waals surface area contributed by atoms with Gasteiger partial charge in [-0.05, 0) is 45.1 Å². The second kappa shape index (κ2) is 8.48. The summed E-state index contributed by atoms with van der Waals surface area (Å²) in [6.45, 7) is 6.03. The van der Waals surface area contributed by atoms with E-state index in [1.165, 1.54) is 0 Å². The van der Waals surface area contributed by atoms with Crippen LogP contribution in [0, 0.1) is 0 Å². The number of nitrogens with one attached hydrogen (secondary N) is 2. The second-order valence-electron chi connectivity index (χ2n) is 5.31. The molecular weight excluding hydrogens is 286 g/mol. The van der Waals surface area contributed by atoms with Crippen molar-refractivity contribution in [2.45, 2.75) is 37.8 Å². The molecule has 2 N–H and O–H groups in total. The number of benzene rings is 1. The summed E-state index contributed by atoms with van der Waals surface area (Å²) in [6, 6.07) is 7.46. The Balaban J connectivity index is 2.63. The first kappa shape index (κ1) is 18.1. The first-order chi connectivity index (χ1) is 9.90. The number of rotatable bonds is 9. The zero-order chi connectivity index (χ0) is 15.9. The molecular formula is C15H27N3O2S. The Kier molecular flexibility index (Phi) is 7.31. The third-order valence-electron chi connectivity index (χ3n) is 3.69. The van der Waals surface area contributed by atoms with Crippen LogP contribution in [0.1, 0.15) is 25.8 Å². The topological polar surface area (TPSA) is 61.4 Å². The Hall–Kier alpha value is -0.950. The molecule has 1 atom stereocenters. The highest BCUT2D eigenvalue weighted by molar-refractivity contribution is 7.89. The van der Waals surface area contributed by atoms with Gasteiger partial charge in [-0.3, -0.25) is 0 Å². The largest absolute Gasteiger partial charge is 0.316 e. The fourth-order valence-corrected chi connectivity index (χ4v) is 3.09. The summed E-state index contributed by atoms with van der Waals surface area (Å²) in [5.74, 6) is 0. The van der Waals surface area contributed by atoms with Gasteiger partial charge < -0.3 is 10.2 Å². The molecule has 0 aliphatic heterocycles. The van der Waals surface area contributed by atoms with E-state index in [2.05, 4.69) is 28.8 Å². The smallest absolute Gasteiger partial charge is 0.240 e. The van der Waals surface area contributed by atoms with E-state index in [-0.39, 0.29) is 0 Å². The highest BCUT2D eigenvalue weighted by Gasteiger charge is 2.14. The monoisotopic (exact) mass is 313 g/mol. The van der Waals surface area contributed by atoms with Gasteiger partial charge in [-0.15, -0.1) is 0 Å². The fraction of sp³-hybridized carbons (Fsp3) is 0.600. The van der Waals surface area contributed by atoms with E-state index in [9.17, 15) is 8.42 Å². The zero-order valence-electron chi connectivity index (χ0n) is 13.4. The Labute approximate surface area is 128 Å². The Morgan fingerprint density at radius 1 is 1.33 bits per heavy atom.